The Labute approximate surface area is 162 Å². The van der Waals surface area contributed by atoms with Crippen molar-refractivity contribution >= 4 is 28.4 Å². The van der Waals surface area contributed by atoms with Gasteiger partial charge in [0.1, 0.15) is 11.3 Å². The molecule has 4 rings (SSSR count). The van der Waals surface area contributed by atoms with Gasteiger partial charge in [0.25, 0.3) is 11.5 Å². The number of piperidine rings is 1. The van der Waals surface area contributed by atoms with Gasteiger partial charge in [-0.1, -0.05) is 0 Å². The number of imidazole rings is 1. The first kappa shape index (κ1) is 18.3. The molecular weight excluding hydrogens is 358 g/mol. The summed E-state index contributed by atoms with van der Waals surface area (Å²) in [6.07, 6.45) is 3.43. The summed E-state index contributed by atoms with van der Waals surface area (Å²) in [5, 5.41) is 0. The van der Waals surface area contributed by atoms with E-state index in [9.17, 15) is 9.59 Å². The zero-order valence-corrected chi connectivity index (χ0v) is 16.7. The third-order valence-corrected chi connectivity index (χ3v) is 5.33. The van der Waals surface area contributed by atoms with Crippen LogP contribution in [0.3, 0.4) is 0 Å². The van der Waals surface area contributed by atoms with E-state index in [-0.39, 0.29) is 11.5 Å². The lowest BCUT2D eigenvalue weighted by atomic mass is 10.1. The number of rotatable bonds is 3. The van der Waals surface area contributed by atoms with Crippen LogP contribution in [0, 0.1) is 6.92 Å². The molecule has 0 atom stereocenters. The number of hydrogen-bond donors (Lipinski definition) is 1. The Morgan fingerprint density at radius 2 is 1.93 bits per heavy atom. The van der Waals surface area contributed by atoms with Gasteiger partial charge in [0.05, 0.1) is 29.4 Å². The topological polar surface area (TPSA) is 82.9 Å². The highest BCUT2D eigenvalue weighted by atomic mass is 16.5. The first-order chi connectivity index (χ1) is 13.4. The standard InChI is InChI=1S/C20H25N5O3/c1-12-17-18(26)22-14-10-13(19(27)23(2)3)16(28-4)11-15(14)25(17)20(21-12)24-8-6-5-7-9-24/h10-11H,5-9H2,1-4H3,(H,22,26). The number of amides is 1. The maximum Gasteiger partial charge on any atom is 0.274 e. The fourth-order valence-corrected chi connectivity index (χ4v) is 3.93. The fraction of sp³-hybridized carbons (Fsp3) is 0.450. The molecule has 8 nitrogen and oxygen atoms in total. The highest BCUT2D eigenvalue weighted by Crippen LogP contribution is 2.30. The Kier molecular flexibility index (Phi) is 4.49. The van der Waals surface area contributed by atoms with Gasteiger partial charge in [-0.25, -0.2) is 4.98 Å². The van der Waals surface area contributed by atoms with Crippen LogP contribution in [0.4, 0.5) is 5.95 Å². The molecule has 2 aromatic heterocycles. The normalized spacial score (nSPS) is 14.6. The number of nitrogens with zero attached hydrogens (tertiary/aromatic N) is 4. The molecule has 3 heterocycles. The van der Waals surface area contributed by atoms with Crippen molar-refractivity contribution in [1.82, 2.24) is 19.3 Å². The van der Waals surface area contributed by atoms with Gasteiger partial charge in [0, 0.05) is 33.3 Å². The molecule has 0 aliphatic carbocycles. The number of hydrogen-bond acceptors (Lipinski definition) is 5. The molecule has 1 N–H and O–H groups in total. The average Bonchev–Trinajstić information content (AvgIpc) is 3.05. The first-order valence-electron chi connectivity index (χ1n) is 9.52. The van der Waals surface area contributed by atoms with Gasteiger partial charge in [-0.05, 0) is 32.3 Å². The highest BCUT2D eigenvalue weighted by molar-refractivity contribution is 6.00. The van der Waals surface area contributed by atoms with Crippen molar-refractivity contribution in [1.29, 1.82) is 0 Å². The number of nitrogens with one attached hydrogen (secondary N) is 1. The van der Waals surface area contributed by atoms with E-state index in [1.165, 1.54) is 11.3 Å². The van der Waals surface area contributed by atoms with Gasteiger partial charge in [-0.2, -0.15) is 0 Å². The van der Waals surface area contributed by atoms with Crippen LogP contribution in [0.5, 0.6) is 5.75 Å². The van der Waals surface area contributed by atoms with E-state index >= 15 is 0 Å². The molecule has 0 radical (unpaired) electrons. The predicted octanol–water partition coefficient (Wildman–Crippen LogP) is 2.18. The summed E-state index contributed by atoms with van der Waals surface area (Å²) in [5.41, 5.74) is 2.76. The molecule has 28 heavy (non-hydrogen) atoms. The van der Waals surface area contributed by atoms with Crippen LogP contribution in [0.25, 0.3) is 16.6 Å². The highest BCUT2D eigenvalue weighted by Gasteiger charge is 2.23. The third-order valence-electron chi connectivity index (χ3n) is 5.33. The van der Waals surface area contributed by atoms with Crippen LogP contribution in [0.2, 0.25) is 0 Å². The lowest BCUT2D eigenvalue weighted by molar-refractivity contribution is 0.0824. The largest absolute Gasteiger partial charge is 0.496 e. The second-order valence-electron chi connectivity index (χ2n) is 7.45. The third kappa shape index (κ3) is 2.80. The zero-order valence-electron chi connectivity index (χ0n) is 16.7. The second kappa shape index (κ2) is 6.85. The monoisotopic (exact) mass is 383 g/mol. The molecule has 0 spiro atoms. The molecule has 1 aliphatic heterocycles. The lowest BCUT2D eigenvalue weighted by Gasteiger charge is -2.27. The van der Waals surface area contributed by atoms with Crippen LogP contribution in [-0.4, -0.2) is 59.5 Å². The first-order valence-corrected chi connectivity index (χ1v) is 9.52. The molecule has 3 aromatic rings. The maximum absolute atomic E-state index is 12.8. The summed E-state index contributed by atoms with van der Waals surface area (Å²) >= 11 is 0. The van der Waals surface area contributed by atoms with Crippen LogP contribution in [0.15, 0.2) is 16.9 Å². The Bertz CT molecular complexity index is 1120. The number of carbonyl (C=O) groups is 1. The van der Waals surface area contributed by atoms with Crippen LogP contribution < -0.4 is 15.2 Å². The molecule has 1 aliphatic rings. The van der Waals surface area contributed by atoms with E-state index < -0.39 is 0 Å². The molecule has 0 saturated carbocycles. The molecule has 148 valence electrons. The summed E-state index contributed by atoms with van der Waals surface area (Å²) in [6.45, 7) is 3.69. The van der Waals surface area contributed by atoms with Crippen LogP contribution >= 0.6 is 0 Å². The van der Waals surface area contributed by atoms with E-state index in [4.69, 9.17) is 9.72 Å². The molecule has 0 unspecified atom stereocenters. The molecule has 1 aromatic carbocycles. The van der Waals surface area contributed by atoms with E-state index in [2.05, 4.69) is 9.88 Å². The number of aryl methyl sites for hydroxylation is 1. The number of aromatic nitrogens is 3. The van der Waals surface area contributed by atoms with E-state index in [0.717, 1.165) is 37.4 Å². The van der Waals surface area contributed by atoms with E-state index in [1.807, 2.05) is 17.4 Å². The van der Waals surface area contributed by atoms with Gasteiger partial charge in [0.15, 0.2) is 0 Å². The second-order valence-corrected chi connectivity index (χ2v) is 7.45. The average molecular weight is 383 g/mol. The van der Waals surface area contributed by atoms with Crippen molar-refractivity contribution in [2.24, 2.45) is 0 Å². The molecular formula is C20H25N5O3. The van der Waals surface area contributed by atoms with Gasteiger partial charge < -0.3 is 19.5 Å². The number of benzene rings is 1. The van der Waals surface area contributed by atoms with Gasteiger partial charge in [0.2, 0.25) is 5.95 Å². The number of fused-ring (bicyclic) bond motifs is 3. The zero-order chi connectivity index (χ0) is 20.0. The number of anilines is 1. The lowest BCUT2D eigenvalue weighted by Crippen LogP contribution is -2.31. The minimum Gasteiger partial charge on any atom is -0.496 e. The number of H-pyrrole nitrogens is 1. The van der Waals surface area contributed by atoms with Crippen molar-refractivity contribution in [3.05, 3.63) is 33.7 Å². The van der Waals surface area contributed by atoms with Gasteiger partial charge in [-0.3, -0.25) is 14.0 Å². The fourth-order valence-electron chi connectivity index (χ4n) is 3.93. The van der Waals surface area contributed by atoms with Gasteiger partial charge >= 0.3 is 0 Å². The van der Waals surface area contributed by atoms with Crippen molar-refractivity contribution in [2.45, 2.75) is 26.2 Å². The van der Waals surface area contributed by atoms with Crippen molar-refractivity contribution in [3.8, 4) is 5.75 Å². The van der Waals surface area contributed by atoms with E-state index in [0.29, 0.717) is 28.0 Å². The maximum atomic E-state index is 12.8. The molecule has 1 amide bonds. The van der Waals surface area contributed by atoms with Crippen LogP contribution in [-0.2, 0) is 0 Å². The van der Waals surface area contributed by atoms with E-state index in [1.54, 1.807) is 27.3 Å². The summed E-state index contributed by atoms with van der Waals surface area (Å²) < 4.78 is 7.41. The van der Waals surface area contributed by atoms with Crippen molar-refractivity contribution in [3.63, 3.8) is 0 Å². The Morgan fingerprint density at radius 3 is 2.57 bits per heavy atom. The Hall–Kier alpha value is -3.03. The number of carbonyl (C=O) groups excluding carboxylic acids is 1. The SMILES string of the molecule is COc1cc2c(cc1C(=O)N(C)C)[nH]c(=O)c1c(C)nc(N3CCCCC3)n12. The smallest absolute Gasteiger partial charge is 0.274 e. The number of methoxy groups -OCH3 is 1. The summed E-state index contributed by atoms with van der Waals surface area (Å²) in [5.74, 6) is 1.06. The van der Waals surface area contributed by atoms with Crippen LogP contribution in [0.1, 0.15) is 35.3 Å². The molecule has 8 heteroatoms. The summed E-state index contributed by atoms with van der Waals surface area (Å²) in [7, 11) is 4.92. The minimum absolute atomic E-state index is 0.183. The Balaban J connectivity index is 2.05. The van der Waals surface area contributed by atoms with Crippen molar-refractivity contribution in [2.75, 3.05) is 39.2 Å². The summed E-state index contributed by atoms with van der Waals surface area (Å²) in [4.78, 5) is 36.7. The molecule has 0 bridgehead atoms. The quantitative estimate of drug-likeness (QED) is 0.750. The number of ether oxygens (including phenoxy) is 1. The van der Waals surface area contributed by atoms with Gasteiger partial charge in [-0.15, -0.1) is 0 Å². The summed E-state index contributed by atoms with van der Waals surface area (Å²) in [6, 6.07) is 3.50. The molecule has 1 fully saturated rings. The minimum atomic E-state index is -0.214. The van der Waals surface area contributed by atoms with Crippen molar-refractivity contribution < 1.29 is 9.53 Å². The molecule has 1 saturated heterocycles. The number of aromatic amines is 1. The Morgan fingerprint density at radius 1 is 1.21 bits per heavy atom. The predicted molar refractivity (Wildman–Crippen MR) is 109 cm³/mol.